The molecule has 3 heteroatoms. The highest BCUT2D eigenvalue weighted by atomic mass is 14.8. The molecule has 1 rings (SSSR count). The van der Waals surface area contributed by atoms with Crippen molar-refractivity contribution in [2.75, 3.05) is 5.73 Å². The number of pyridine rings is 1. The van der Waals surface area contributed by atoms with Gasteiger partial charge in [0.15, 0.2) is 0 Å². The van der Waals surface area contributed by atoms with Crippen molar-refractivity contribution in [2.45, 2.75) is 27.2 Å². The summed E-state index contributed by atoms with van der Waals surface area (Å²) in [7, 11) is 0. The predicted octanol–water partition coefficient (Wildman–Crippen LogP) is 2.16. The maximum atomic E-state index is 5.69. The molecule has 0 atom stereocenters. The first-order valence-electron chi connectivity index (χ1n) is 5.36. The van der Waals surface area contributed by atoms with E-state index in [1.54, 1.807) is 12.3 Å². The first kappa shape index (κ1) is 14.1. The molecule has 0 fully saturated rings. The summed E-state index contributed by atoms with van der Waals surface area (Å²) in [5.74, 6) is 3.14. The smallest absolute Gasteiger partial charge is 0.139 e. The Morgan fingerprint density at radius 1 is 1.50 bits per heavy atom. The van der Waals surface area contributed by atoms with Crippen LogP contribution in [0.4, 0.5) is 5.82 Å². The second-order valence-corrected chi connectivity index (χ2v) is 2.78. The van der Waals surface area contributed by atoms with E-state index in [2.05, 4.69) is 23.5 Å². The van der Waals surface area contributed by atoms with Gasteiger partial charge in [-0.3, -0.25) is 0 Å². The van der Waals surface area contributed by atoms with Crippen molar-refractivity contribution < 1.29 is 0 Å². The zero-order chi connectivity index (χ0) is 12.6. The molecular weight excluding hydrogens is 198 g/mol. The molecule has 4 N–H and O–H groups in total. The number of hydrogen-bond acceptors (Lipinski definition) is 3. The molecule has 16 heavy (non-hydrogen) atoms. The standard InChI is InChI=1S/C11H13N3.C2H6/c1-3-8-7-14-11(13)10(5-6-12)9(8)4-2;1-2/h4,7H,2-3,12H2,1H3,(H2,13,14);1-2H3. The van der Waals surface area contributed by atoms with Crippen LogP contribution in [0.3, 0.4) is 0 Å². The fourth-order valence-corrected chi connectivity index (χ4v) is 1.30. The number of nitrogens with two attached hydrogens (primary N) is 2. The quantitative estimate of drug-likeness (QED) is 0.589. The van der Waals surface area contributed by atoms with Crippen LogP contribution in [-0.4, -0.2) is 4.98 Å². The molecular formula is C13H19N3. The fourth-order valence-electron chi connectivity index (χ4n) is 1.30. The molecule has 0 aliphatic rings. The van der Waals surface area contributed by atoms with Crippen LogP contribution in [0.25, 0.3) is 6.08 Å². The van der Waals surface area contributed by atoms with Crippen LogP contribution in [0, 0.1) is 12.0 Å². The molecule has 0 spiro atoms. The zero-order valence-electron chi connectivity index (χ0n) is 10.2. The van der Waals surface area contributed by atoms with E-state index in [0.717, 1.165) is 17.5 Å². The van der Waals surface area contributed by atoms with Crippen molar-refractivity contribution in [1.82, 2.24) is 4.98 Å². The van der Waals surface area contributed by atoms with Gasteiger partial charge in [-0.15, -0.1) is 0 Å². The van der Waals surface area contributed by atoms with Crippen molar-refractivity contribution >= 4 is 11.9 Å². The normalized spacial score (nSPS) is 8.19. The van der Waals surface area contributed by atoms with Crippen LogP contribution in [0.5, 0.6) is 0 Å². The van der Waals surface area contributed by atoms with Gasteiger partial charge in [-0.05, 0) is 23.5 Å². The molecule has 0 aliphatic heterocycles. The third-order valence-corrected chi connectivity index (χ3v) is 2.01. The summed E-state index contributed by atoms with van der Waals surface area (Å²) in [4.78, 5) is 4.05. The minimum atomic E-state index is 0.398. The maximum absolute atomic E-state index is 5.69. The molecule has 0 radical (unpaired) electrons. The fraction of sp³-hybridized carbons (Fsp3) is 0.308. The average molecular weight is 217 g/mol. The van der Waals surface area contributed by atoms with E-state index >= 15 is 0 Å². The van der Waals surface area contributed by atoms with E-state index < -0.39 is 0 Å². The lowest BCUT2D eigenvalue weighted by Crippen LogP contribution is -2.01. The lowest BCUT2D eigenvalue weighted by Gasteiger charge is -2.07. The SMILES string of the molecule is C=Cc1c(CC)cnc(N)c1C#CN.CC. The molecule has 0 saturated heterocycles. The lowest BCUT2D eigenvalue weighted by atomic mass is 10.0. The van der Waals surface area contributed by atoms with Crippen molar-refractivity contribution in [3.05, 3.63) is 29.5 Å². The summed E-state index contributed by atoms with van der Waals surface area (Å²) in [6.45, 7) is 9.77. The van der Waals surface area contributed by atoms with Crippen LogP contribution in [0.2, 0.25) is 0 Å². The number of rotatable bonds is 2. The molecule has 0 unspecified atom stereocenters. The molecule has 0 aromatic carbocycles. The van der Waals surface area contributed by atoms with E-state index in [-0.39, 0.29) is 0 Å². The van der Waals surface area contributed by atoms with E-state index in [1.807, 2.05) is 20.8 Å². The minimum Gasteiger partial charge on any atom is -0.383 e. The third-order valence-electron chi connectivity index (χ3n) is 2.01. The summed E-state index contributed by atoms with van der Waals surface area (Å²) < 4.78 is 0. The third kappa shape index (κ3) is 3.03. The van der Waals surface area contributed by atoms with E-state index in [4.69, 9.17) is 11.5 Å². The Bertz CT molecular complexity index is 411. The van der Waals surface area contributed by atoms with Crippen LogP contribution in [0.15, 0.2) is 12.8 Å². The van der Waals surface area contributed by atoms with Gasteiger partial charge in [-0.25, -0.2) is 4.98 Å². The summed E-state index contributed by atoms with van der Waals surface area (Å²) in [6.07, 6.45) is 4.35. The van der Waals surface area contributed by atoms with Gasteiger partial charge >= 0.3 is 0 Å². The van der Waals surface area contributed by atoms with Crippen LogP contribution >= 0.6 is 0 Å². The Morgan fingerprint density at radius 3 is 2.56 bits per heavy atom. The second-order valence-electron chi connectivity index (χ2n) is 2.78. The molecule has 0 aliphatic carbocycles. The number of nitrogen functional groups attached to an aromatic ring is 1. The second kappa shape index (κ2) is 7.36. The lowest BCUT2D eigenvalue weighted by molar-refractivity contribution is 1.09. The highest BCUT2D eigenvalue weighted by Crippen LogP contribution is 2.19. The predicted molar refractivity (Wildman–Crippen MR) is 70.5 cm³/mol. The first-order valence-corrected chi connectivity index (χ1v) is 5.36. The maximum Gasteiger partial charge on any atom is 0.139 e. The Balaban J connectivity index is 0.00000106. The van der Waals surface area contributed by atoms with Gasteiger partial charge in [0.2, 0.25) is 0 Å². The van der Waals surface area contributed by atoms with Gasteiger partial charge in [-0.1, -0.05) is 33.4 Å². The largest absolute Gasteiger partial charge is 0.383 e. The summed E-state index contributed by atoms with van der Waals surface area (Å²) in [5, 5.41) is 0. The highest BCUT2D eigenvalue weighted by molar-refractivity contribution is 5.67. The Labute approximate surface area is 97.6 Å². The topological polar surface area (TPSA) is 64.9 Å². The van der Waals surface area contributed by atoms with Crippen molar-refractivity contribution in [3.8, 4) is 12.0 Å². The van der Waals surface area contributed by atoms with Crippen molar-refractivity contribution in [1.29, 1.82) is 0 Å². The van der Waals surface area contributed by atoms with Crippen LogP contribution < -0.4 is 11.5 Å². The molecule has 1 aromatic rings. The Morgan fingerprint density at radius 2 is 2.12 bits per heavy atom. The molecule has 1 heterocycles. The number of hydrogen-bond donors (Lipinski definition) is 2. The highest BCUT2D eigenvalue weighted by Gasteiger charge is 2.07. The minimum absolute atomic E-state index is 0.398. The van der Waals surface area contributed by atoms with Crippen molar-refractivity contribution in [2.24, 2.45) is 5.73 Å². The van der Waals surface area contributed by atoms with E-state index in [9.17, 15) is 0 Å². The molecule has 0 saturated carbocycles. The Kier molecular flexibility index (Phi) is 6.46. The average Bonchev–Trinajstić information content (AvgIpc) is 2.34. The number of aryl methyl sites for hydroxylation is 1. The van der Waals surface area contributed by atoms with Crippen molar-refractivity contribution in [3.63, 3.8) is 0 Å². The number of nitrogens with zero attached hydrogens (tertiary/aromatic N) is 1. The molecule has 1 aromatic heterocycles. The van der Waals surface area contributed by atoms with Gasteiger partial charge in [0, 0.05) is 12.2 Å². The Hall–Kier alpha value is -1.95. The first-order chi connectivity index (χ1) is 7.74. The van der Waals surface area contributed by atoms with Crippen LogP contribution in [-0.2, 0) is 6.42 Å². The van der Waals surface area contributed by atoms with Gasteiger partial charge in [0.1, 0.15) is 5.82 Å². The van der Waals surface area contributed by atoms with E-state index in [1.165, 1.54) is 0 Å². The van der Waals surface area contributed by atoms with Gasteiger partial charge < -0.3 is 11.5 Å². The zero-order valence-corrected chi connectivity index (χ0v) is 10.2. The molecule has 0 amide bonds. The van der Waals surface area contributed by atoms with Gasteiger partial charge in [0.05, 0.1) is 5.56 Å². The summed E-state index contributed by atoms with van der Waals surface area (Å²) in [6, 6.07) is 2.33. The monoisotopic (exact) mass is 217 g/mol. The molecule has 0 bridgehead atoms. The molecule has 86 valence electrons. The number of aromatic nitrogens is 1. The van der Waals surface area contributed by atoms with Gasteiger partial charge in [0.25, 0.3) is 0 Å². The van der Waals surface area contributed by atoms with Gasteiger partial charge in [-0.2, -0.15) is 0 Å². The van der Waals surface area contributed by atoms with Crippen LogP contribution in [0.1, 0.15) is 37.5 Å². The molecule has 3 nitrogen and oxygen atoms in total. The van der Waals surface area contributed by atoms with E-state index in [0.29, 0.717) is 11.4 Å². The summed E-state index contributed by atoms with van der Waals surface area (Å²) in [5.41, 5.74) is 13.5. The summed E-state index contributed by atoms with van der Waals surface area (Å²) >= 11 is 0. The number of anilines is 1.